The van der Waals surface area contributed by atoms with Gasteiger partial charge in [0.15, 0.2) is 0 Å². The van der Waals surface area contributed by atoms with Gasteiger partial charge in [0, 0.05) is 24.6 Å². The number of hydrogen-bond donors (Lipinski definition) is 2. The zero-order chi connectivity index (χ0) is 20.5. The Labute approximate surface area is 166 Å². The van der Waals surface area contributed by atoms with Crippen molar-refractivity contribution < 1.29 is 23.5 Å². The quantitative estimate of drug-likeness (QED) is 0.747. The van der Waals surface area contributed by atoms with E-state index in [0.717, 1.165) is 17.2 Å². The SMILES string of the molecule is NCc1ccc(COc2cc(F)cc3c2CN([C@H]2CCC(=O)NC2=O)C3=O)cc1. The minimum Gasteiger partial charge on any atom is -0.488 e. The number of ether oxygens (including phenoxy) is 1. The average molecular weight is 397 g/mol. The number of carbonyl (C=O) groups excluding carboxylic acids is 3. The van der Waals surface area contributed by atoms with Gasteiger partial charge in [0.05, 0.1) is 12.1 Å². The third-order valence-electron chi connectivity index (χ3n) is 5.23. The largest absolute Gasteiger partial charge is 0.488 e. The second-order valence-electron chi connectivity index (χ2n) is 7.14. The zero-order valence-corrected chi connectivity index (χ0v) is 15.6. The zero-order valence-electron chi connectivity index (χ0n) is 15.6. The molecule has 7 nitrogen and oxygen atoms in total. The van der Waals surface area contributed by atoms with Crippen LogP contribution in [0.3, 0.4) is 0 Å². The number of halogens is 1. The molecule has 0 bridgehead atoms. The number of piperidine rings is 1. The topological polar surface area (TPSA) is 102 Å². The number of imide groups is 1. The summed E-state index contributed by atoms with van der Waals surface area (Å²) in [5.41, 5.74) is 8.19. The third kappa shape index (κ3) is 3.71. The summed E-state index contributed by atoms with van der Waals surface area (Å²) < 4.78 is 19.9. The van der Waals surface area contributed by atoms with Gasteiger partial charge in [-0.2, -0.15) is 0 Å². The summed E-state index contributed by atoms with van der Waals surface area (Å²) in [6, 6.07) is 9.19. The maximum absolute atomic E-state index is 14.1. The van der Waals surface area contributed by atoms with E-state index in [-0.39, 0.29) is 43.2 Å². The highest BCUT2D eigenvalue weighted by Gasteiger charge is 2.40. The van der Waals surface area contributed by atoms with E-state index in [1.54, 1.807) is 0 Å². The van der Waals surface area contributed by atoms with Crippen LogP contribution in [0.15, 0.2) is 36.4 Å². The summed E-state index contributed by atoms with van der Waals surface area (Å²) in [6.07, 6.45) is 0.406. The van der Waals surface area contributed by atoms with Crippen molar-refractivity contribution in [3.63, 3.8) is 0 Å². The minimum atomic E-state index is -0.757. The highest BCUT2D eigenvalue weighted by molar-refractivity contribution is 6.05. The second-order valence-corrected chi connectivity index (χ2v) is 7.14. The van der Waals surface area contributed by atoms with Gasteiger partial charge in [0.1, 0.15) is 24.2 Å². The molecule has 0 aromatic heterocycles. The Kier molecular flexibility index (Phi) is 5.02. The molecular weight excluding hydrogens is 377 g/mol. The van der Waals surface area contributed by atoms with E-state index in [4.69, 9.17) is 10.5 Å². The highest BCUT2D eigenvalue weighted by Crippen LogP contribution is 2.35. The number of fused-ring (bicyclic) bond motifs is 1. The van der Waals surface area contributed by atoms with Crippen LogP contribution >= 0.6 is 0 Å². The maximum atomic E-state index is 14.1. The van der Waals surface area contributed by atoms with Gasteiger partial charge in [-0.25, -0.2) is 4.39 Å². The Balaban J connectivity index is 1.55. The molecule has 0 saturated carbocycles. The fourth-order valence-electron chi connectivity index (χ4n) is 3.66. The van der Waals surface area contributed by atoms with Crippen molar-refractivity contribution in [1.82, 2.24) is 10.2 Å². The van der Waals surface area contributed by atoms with Crippen LogP contribution in [0.4, 0.5) is 4.39 Å². The van der Waals surface area contributed by atoms with Crippen molar-refractivity contribution in [3.05, 3.63) is 64.5 Å². The summed E-state index contributed by atoms with van der Waals surface area (Å²) in [5, 5.41) is 2.25. The van der Waals surface area contributed by atoms with Crippen molar-refractivity contribution >= 4 is 17.7 Å². The molecule has 2 aliphatic rings. The number of carbonyl (C=O) groups is 3. The lowest BCUT2D eigenvalue weighted by molar-refractivity contribution is -0.136. The molecule has 1 saturated heterocycles. The van der Waals surface area contributed by atoms with Crippen LogP contribution in [-0.4, -0.2) is 28.7 Å². The first-order valence-corrected chi connectivity index (χ1v) is 9.34. The molecule has 2 aromatic carbocycles. The van der Waals surface area contributed by atoms with Crippen molar-refractivity contribution in [1.29, 1.82) is 0 Å². The molecule has 3 N–H and O–H groups in total. The molecule has 0 radical (unpaired) electrons. The van der Waals surface area contributed by atoms with E-state index in [2.05, 4.69) is 5.32 Å². The van der Waals surface area contributed by atoms with Crippen LogP contribution in [-0.2, 0) is 29.3 Å². The Hall–Kier alpha value is -3.26. The van der Waals surface area contributed by atoms with Gasteiger partial charge < -0.3 is 15.4 Å². The molecule has 8 heteroatoms. The smallest absolute Gasteiger partial charge is 0.255 e. The van der Waals surface area contributed by atoms with E-state index in [0.29, 0.717) is 12.1 Å². The van der Waals surface area contributed by atoms with Gasteiger partial charge in [-0.15, -0.1) is 0 Å². The van der Waals surface area contributed by atoms with Crippen LogP contribution in [0.2, 0.25) is 0 Å². The predicted octanol–water partition coefficient (Wildman–Crippen LogP) is 1.62. The van der Waals surface area contributed by atoms with Gasteiger partial charge >= 0.3 is 0 Å². The number of rotatable bonds is 5. The minimum absolute atomic E-state index is 0.127. The molecule has 0 unspecified atom stereocenters. The Morgan fingerprint density at radius 1 is 1.14 bits per heavy atom. The molecule has 2 heterocycles. The molecule has 150 valence electrons. The summed E-state index contributed by atoms with van der Waals surface area (Å²) in [4.78, 5) is 37.7. The van der Waals surface area contributed by atoms with Gasteiger partial charge in [-0.3, -0.25) is 19.7 Å². The summed E-state index contributed by atoms with van der Waals surface area (Å²) >= 11 is 0. The Morgan fingerprint density at radius 2 is 1.86 bits per heavy atom. The van der Waals surface area contributed by atoms with Gasteiger partial charge in [-0.05, 0) is 23.6 Å². The fraction of sp³-hybridized carbons (Fsp3) is 0.286. The number of amides is 3. The molecular formula is C21H20FN3O4. The van der Waals surface area contributed by atoms with E-state index >= 15 is 0 Å². The lowest BCUT2D eigenvalue weighted by Crippen LogP contribution is -2.52. The molecule has 2 aromatic rings. The normalized spacial score (nSPS) is 18.6. The molecule has 2 aliphatic heterocycles. The molecule has 4 rings (SSSR count). The predicted molar refractivity (Wildman–Crippen MR) is 101 cm³/mol. The first-order valence-electron chi connectivity index (χ1n) is 9.34. The standard InChI is InChI=1S/C21H20FN3O4/c22-14-7-15-16(10-25(21(15)28)17-5-6-19(26)24-20(17)27)18(8-14)29-11-13-3-1-12(9-23)2-4-13/h1-4,7-8,17H,5-6,9-11,23H2,(H,24,26,27)/t17-/m0/s1. The van der Waals surface area contributed by atoms with Crippen LogP contribution in [0.5, 0.6) is 5.75 Å². The van der Waals surface area contributed by atoms with E-state index in [1.807, 2.05) is 24.3 Å². The van der Waals surface area contributed by atoms with Crippen molar-refractivity contribution in [2.75, 3.05) is 0 Å². The number of benzene rings is 2. The Morgan fingerprint density at radius 3 is 2.55 bits per heavy atom. The average Bonchev–Trinajstić information content (AvgIpc) is 3.03. The van der Waals surface area contributed by atoms with Crippen LogP contribution in [0, 0.1) is 5.82 Å². The van der Waals surface area contributed by atoms with Gasteiger partial charge in [0.2, 0.25) is 11.8 Å². The monoisotopic (exact) mass is 397 g/mol. The summed E-state index contributed by atoms with van der Waals surface area (Å²) in [5.74, 6) is -1.62. The Bertz CT molecular complexity index is 990. The molecule has 1 atom stereocenters. The first-order chi connectivity index (χ1) is 14.0. The molecule has 3 amide bonds. The number of nitrogens with one attached hydrogen (secondary N) is 1. The second kappa shape index (κ2) is 7.63. The number of nitrogens with zero attached hydrogens (tertiary/aromatic N) is 1. The van der Waals surface area contributed by atoms with Crippen molar-refractivity contribution in [2.45, 2.75) is 38.6 Å². The fourth-order valence-corrected chi connectivity index (χ4v) is 3.66. The molecule has 0 spiro atoms. The lowest BCUT2D eigenvalue weighted by atomic mass is 10.0. The van der Waals surface area contributed by atoms with Crippen LogP contribution < -0.4 is 15.8 Å². The van der Waals surface area contributed by atoms with Gasteiger partial charge in [0.25, 0.3) is 5.91 Å². The van der Waals surface area contributed by atoms with Crippen molar-refractivity contribution in [3.8, 4) is 5.75 Å². The molecule has 29 heavy (non-hydrogen) atoms. The van der Waals surface area contributed by atoms with Crippen LogP contribution in [0.1, 0.15) is 39.9 Å². The highest BCUT2D eigenvalue weighted by atomic mass is 19.1. The van der Waals surface area contributed by atoms with E-state index in [1.165, 1.54) is 11.0 Å². The van der Waals surface area contributed by atoms with E-state index in [9.17, 15) is 18.8 Å². The molecule has 1 fully saturated rings. The van der Waals surface area contributed by atoms with Crippen molar-refractivity contribution in [2.24, 2.45) is 5.73 Å². The molecule has 0 aliphatic carbocycles. The van der Waals surface area contributed by atoms with Crippen LogP contribution in [0.25, 0.3) is 0 Å². The maximum Gasteiger partial charge on any atom is 0.255 e. The first kappa shape index (κ1) is 19.1. The number of hydrogen-bond acceptors (Lipinski definition) is 5. The third-order valence-corrected chi connectivity index (χ3v) is 5.23. The van der Waals surface area contributed by atoms with Gasteiger partial charge in [-0.1, -0.05) is 24.3 Å². The lowest BCUT2D eigenvalue weighted by Gasteiger charge is -2.29. The number of nitrogens with two attached hydrogens (primary N) is 1. The summed E-state index contributed by atoms with van der Waals surface area (Å²) in [6.45, 7) is 0.770. The van der Waals surface area contributed by atoms with E-state index < -0.39 is 23.7 Å². The summed E-state index contributed by atoms with van der Waals surface area (Å²) in [7, 11) is 0.